The predicted octanol–water partition coefficient (Wildman–Crippen LogP) is 4.34. The number of rotatable bonds is 3. The molecule has 0 amide bonds. The number of allylic oxidation sites excluding steroid dienone is 2. The predicted molar refractivity (Wildman–Crippen MR) is 110 cm³/mol. The first-order valence-corrected chi connectivity index (χ1v) is 9.83. The molecule has 1 aromatic heterocycles. The van der Waals surface area contributed by atoms with Gasteiger partial charge in [-0.3, -0.25) is 4.79 Å². The van der Waals surface area contributed by atoms with E-state index in [0.717, 1.165) is 12.0 Å². The topological polar surface area (TPSA) is 75.0 Å². The Morgan fingerprint density at radius 2 is 1.67 bits per heavy atom. The molecule has 0 N–H and O–H groups in total. The molecular weight excluding hydrogens is 384 g/mol. The molecule has 2 aromatic carbocycles. The van der Waals surface area contributed by atoms with Gasteiger partial charge in [0.1, 0.15) is 28.6 Å². The van der Waals surface area contributed by atoms with Crippen LogP contribution in [0.25, 0.3) is 11.0 Å². The molecular formula is C24H20O6. The lowest BCUT2D eigenvalue weighted by atomic mass is 9.77. The van der Waals surface area contributed by atoms with Gasteiger partial charge in [0.2, 0.25) is 0 Å². The Morgan fingerprint density at radius 1 is 0.933 bits per heavy atom. The van der Waals surface area contributed by atoms with E-state index in [9.17, 15) is 9.59 Å². The number of carbonyl (C=O) groups is 1. The highest BCUT2D eigenvalue weighted by Crippen LogP contribution is 2.48. The van der Waals surface area contributed by atoms with Gasteiger partial charge in [0.05, 0.1) is 31.1 Å². The summed E-state index contributed by atoms with van der Waals surface area (Å²) in [5.41, 5.74) is 1.60. The van der Waals surface area contributed by atoms with Crippen LogP contribution in [-0.4, -0.2) is 20.0 Å². The van der Waals surface area contributed by atoms with Gasteiger partial charge in [-0.05, 0) is 36.2 Å². The molecule has 3 aromatic rings. The fourth-order valence-corrected chi connectivity index (χ4v) is 4.31. The number of Topliss-reactive ketones (excluding diaryl/α,β-unsaturated/α-hetero) is 1. The smallest absolute Gasteiger partial charge is 0.344 e. The molecule has 30 heavy (non-hydrogen) atoms. The summed E-state index contributed by atoms with van der Waals surface area (Å²) in [4.78, 5) is 26.0. The summed E-state index contributed by atoms with van der Waals surface area (Å²) in [7, 11) is 3.15. The summed E-state index contributed by atoms with van der Waals surface area (Å²) < 4.78 is 22.4. The highest BCUT2D eigenvalue weighted by Gasteiger charge is 2.40. The summed E-state index contributed by atoms with van der Waals surface area (Å²) >= 11 is 0. The average molecular weight is 404 g/mol. The number of ketones is 1. The first-order chi connectivity index (χ1) is 14.6. The Hall–Kier alpha value is -3.54. The molecule has 5 rings (SSSR count). The van der Waals surface area contributed by atoms with Crippen molar-refractivity contribution in [2.45, 2.75) is 25.2 Å². The second kappa shape index (κ2) is 7.06. The van der Waals surface area contributed by atoms with Gasteiger partial charge in [0, 0.05) is 24.5 Å². The van der Waals surface area contributed by atoms with Gasteiger partial charge in [-0.2, -0.15) is 0 Å². The van der Waals surface area contributed by atoms with Crippen molar-refractivity contribution in [3.63, 3.8) is 0 Å². The number of benzene rings is 2. The molecule has 1 atom stereocenters. The lowest BCUT2D eigenvalue weighted by Gasteiger charge is -2.32. The molecule has 2 heterocycles. The van der Waals surface area contributed by atoms with Crippen molar-refractivity contribution in [3.8, 4) is 17.2 Å². The normalized spacial score (nSPS) is 17.9. The van der Waals surface area contributed by atoms with E-state index in [-0.39, 0.29) is 5.78 Å². The molecule has 6 nitrogen and oxygen atoms in total. The highest BCUT2D eigenvalue weighted by molar-refractivity contribution is 6.00. The number of fused-ring (bicyclic) bond motifs is 3. The van der Waals surface area contributed by atoms with Gasteiger partial charge in [-0.15, -0.1) is 0 Å². The summed E-state index contributed by atoms with van der Waals surface area (Å²) in [6.45, 7) is 0. The molecule has 0 radical (unpaired) electrons. The van der Waals surface area contributed by atoms with Crippen LogP contribution in [0.2, 0.25) is 0 Å². The number of hydrogen-bond acceptors (Lipinski definition) is 6. The number of carbonyl (C=O) groups excluding carboxylic acids is 1. The maximum atomic E-state index is 13.1. The maximum Gasteiger partial charge on any atom is 0.344 e. The number of methoxy groups -OCH3 is 2. The molecule has 0 saturated carbocycles. The monoisotopic (exact) mass is 404 g/mol. The van der Waals surface area contributed by atoms with Gasteiger partial charge in [0.15, 0.2) is 5.78 Å². The second-order valence-electron chi connectivity index (χ2n) is 7.42. The van der Waals surface area contributed by atoms with Crippen molar-refractivity contribution in [1.82, 2.24) is 0 Å². The van der Waals surface area contributed by atoms with Crippen LogP contribution in [0.4, 0.5) is 0 Å². The van der Waals surface area contributed by atoms with Crippen molar-refractivity contribution in [3.05, 3.63) is 75.3 Å². The van der Waals surface area contributed by atoms with E-state index >= 15 is 0 Å². The molecule has 1 aliphatic heterocycles. The second-order valence-corrected chi connectivity index (χ2v) is 7.42. The minimum Gasteiger partial charge on any atom is -0.497 e. The van der Waals surface area contributed by atoms with E-state index in [1.54, 1.807) is 26.4 Å². The number of hydrogen-bond donors (Lipinski definition) is 0. The fraction of sp³-hybridized carbons (Fsp3) is 0.250. The van der Waals surface area contributed by atoms with Gasteiger partial charge in [-0.25, -0.2) is 4.79 Å². The third-order valence-electron chi connectivity index (χ3n) is 5.76. The van der Waals surface area contributed by atoms with Crippen molar-refractivity contribution in [1.29, 1.82) is 0 Å². The van der Waals surface area contributed by atoms with Crippen molar-refractivity contribution < 1.29 is 23.4 Å². The van der Waals surface area contributed by atoms with Crippen LogP contribution in [0.3, 0.4) is 0 Å². The van der Waals surface area contributed by atoms with Gasteiger partial charge in [-0.1, -0.05) is 12.1 Å². The molecule has 1 aliphatic carbocycles. The van der Waals surface area contributed by atoms with Crippen LogP contribution in [-0.2, 0) is 4.79 Å². The third-order valence-corrected chi connectivity index (χ3v) is 5.76. The number of ether oxygens (including phenoxy) is 3. The Kier molecular flexibility index (Phi) is 4.35. The van der Waals surface area contributed by atoms with Crippen molar-refractivity contribution in [2.24, 2.45) is 0 Å². The average Bonchev–Trinajstić information content (AvgIpc) is 2.77. The highest BCUT2D eigenvalue weighted by atomic mass is 16.5. The zero-order valence-corrected chi connectivity index (χ0v) is 16.7. The molecule has 0 fully saturated rings. The molecule has 0 spiro atoms. The minimum absolute atomic E-state index is 0.0111. The van der Waals surface area contributed by atoms with Crippen LogP contribution in [0.15, 0.2) is 63.0 Å². The first kappa shape index (κ1) is 18.5. The van der Waals surface area contributed by atoms with E-state index < -0.39 is 11.5 Å². The zero-order valence-electron chi connectivity index (χ0n) is 16.7. The zero-order chi connectivity index (χ0) is 20.8. The van der Waals surface area contributed by atoms with Gasteiger partial charge in [0.25, 0.3) is 0 Å². The molecule has 0 saturated heterocycles. The molecule has 1 unspecified atom stereocenters. The van der Waals surface area contributed by atoms with E-state index in [4.69, 9.17) is 18.6 Å². The van der Waals surface area contributed by atoms with Gasteiger partial charge >= 0.3 is 5.63 Å². The van der Waals surface area contributed by atoms with Crippen LogP contribution < -0.4 is 19.8 Å². The standard InChI is InChI=1S/C24H20O6/c1-27-14-8-6-13(7-9-14)20-21-17(25)4-3-5-18(21)29-23-16-11-10-15(28-2)12-19(16)30-24(26)22(20)23/h6-12,20H,3-5H2,1-2H3. The fourth-order valence-electron chi connectivity index (χ4n) is 4.31. The summed E-state index contributed by atoms with van der Waals surface area (Å²) in [6.07, 6.45) is 1.83. The lowest BCUT2D eigenvalue weighted by Crippen LogP contribution is -2.29. The quantitative estimate of drug-likeness (QED) is 0.605. The van der Waals surface area contributed by atoms with E-state index in [1.807, 2.05) is 30.3 Å². The third kappa shape index (κ3) is 2.79. The van der Waals surface area contributed by atoms with Crippen molar-refractivity contribution in [2.75, 3.05) is 14.2 Å². The van der Waals surface area contributed by atoms with Crippen molar-refractivity contribution >= 4 is 16.8 Å². The molecule has 6 heteroatoms. The lowest BCUT2D eigenvalue weighted by molar-refractivity contribution is -0.116. The van der Waals surface area contributed by atoms with E-state index in [2.05, 4.69) is 0 Å². The van der Waals surface area contributed by atoms with Crippen LogP contribution in [0, 0.1) is 0 Å². The molecule has 2 aliphatic rings. The minimum atomic E-state index is -0.537. The SMILES string of the molecule is COc1ccc(C2C3=C(CCCC3=O)Oc3c2c(=O)oc2cc(OC)ccc32)cc1. The van der Waals surface area contributed by atoms with E-state index in [1.165, 1.54) is 0 Å². The van der Waals surface area contributed by atoms with Crippen LogP contribution in [0.5, 0.6) is 17.2 Å². The Labute approximate surface area is 172 Å². The first-order valence-electron chi connectivity index (χ1n) is 9.83. The largest absolute Gasteiger partial charge is 0.497 e. The Balaban J connectivity index is 1.79. The molecule has 0 bridgehead atoms. The Bertz CT molecular complexity index is 1250. The van der Waals surface area contributed by atoms with Crippen LogP contribution in [0.1, 0.15) is 36.3 Å². The van der Waals surface area contributed by atoms with E-state index in [0.29, 0.717) is 58.0 Å². The summed E-state index contributed by atoms with van der Waals surface area (Å²) in [5, 5.41) is 0.675. The Morgan fingerprint density at radius 3 is 2.40 bits per heavy atom. The summed E-state index contributed by atoms with van der Waals surface area (Å²) in [5.74, 6) is 1.86. The summed E-state index contributed by atoms with van der Waals surface area (Å²) in [6, 6.07) is 12.7. The molecule has 152 valence electrons. The van der Waals surface area contributed by atoms with Crippen LogP contribution >= 0.6 is 0 Å². The van der Waals surface area contributed by atoms with Gasteiger partial charge < -0.3 is 18.6 Å². The maximum absolute atomic E-state index is 13.1.